The third-order valence-electron chi connectivity index (χ3n) is 2.50. The summed E-state index contributed by atoms with van der Waals surface area (Å²) in [6.45, 7) is 0.136. The van der Waals surface area contributed by atoms with Crippen molar-refractivity contribution in [1.82, 2.24) is 9.97 Å². The number of rotatable bonds is 4. The Balaban J connectivity index is 2.33. The summed E-state index contributed by atoms with van der Waals surface area (Å²) in [5, 5.41) is 9.67. The highest BCUT2D eigenvalue weighted by molar-refractivity contribution is 5.28. The zero-order chi connectivity index (χ0) is 10.8. The fourth-order valence-corrected chi connectivity index (χ4v) is 1.44. The molecule has 0 amide bonds. The quantitative estimate of drug-likeness (QED) is 0.748. The van der Waals surface area contributed by atoms with Gasteiger partial charge < -0.3 is 15.6 Å². The van der Waals surface area contributed by atoms with Crippen molar-refractivity contribution in [1.29, 1.82) is 0 Å². The Hall–Kier alpha value is -1.20. The van der Waals surface area contributed by atoms with Gasteiger partial charge in [-0.05, 0) is 12.8 Å². The molecule has 1 saturated carbocycles. The molecule has 15 heavy (non-hydrogen) atoms. The van der Waals surface area contributed by atoms with Gasteiger partial charge in [-0.2, -0.15) is 0 Å². The Morgan fingerprint density at radius 1 is 1.67 bits per heavy atom. The summed E-state index contributed by atoms with van der Waals surface area (Å²) < 4.78 is 5.08. The van der Waals surface area contributed by atoms with Crippen LogP contribution >= 0.6 is 0 Å². The van der Waals surface area contributed by atoms with Gasteiger partial charge in [-0.15, -0.1) is 0 Å². The summed E-state index contributed by atoms with van der Waals surface area (Å²) in [5.41, 5.74) is 5.90. The van der Waals surface area contributed by atoms with Crippen LogP contribution in [0.4, 0.5) is 0 Å². The molecule has 2 rings (SSSR count). The fourth-order valence-electron chi connectivity index (χ4n) is 1.44. The molecule has 1 heterocycles. The van der Waals surface area contributed by atoms with Crippen molar-refractivity contribution in [3.8, 4) is 5.75 Å². The molecular weight excluding hydrogens is 194 g/mol. The molecule has 1 fully saturated rings. The van der Waals surface area contributed by atoms with E-state index in [9.17, 15) is 5.11 Å². The van der Waals surface area contributed by atoms with Crippen LogP contribution in [0.25, 0.3) is 0 Å². The number of aliphatic hydroxyl groups is 1. The summed E-state index contributed by atoms with van der Waals surface area (Å²) in [6, 6.07) is 0. The third kappa shape index (κ3) is 2.08. The fraction of sp³-hybridized carbons (Fsp3) is 0.600. The molecule has 5 nitrogen and oxygen atoms in total. The average Bonchev–Trinajstić information content (AvgIpc) is 3.11. The molecule has 1 aromatic rings. The largest absolute Gasteiger partial charge is 0.493 e. The lowest BCUT2D eigenvalue weighted by Crippen LogP contribution is -2.15. The number of nitrogens with two attached hydrogens (primary N) is 1. The maximum Gasteiger partial charge on any atom is 0.161 e. The Morgan fingerprint density at radius 2 is 2.40 bits per heavy atom. The predicted molar refractivity (Wildman–Crippen MR) is 54.6 cm³/mol. The first-order valence-electron chi connectivity index (χ1n) is 5.05. The maximum atomic E-state index is 9.67. The van der Waals surface area contributed by atoms with E-state index in [-0.39, 0.29) is 6.54 Å². The number of nitrogens with zero attached hydrogens (tertiary/aromatic N) is 2. The van der Waals surface area contributed by atoms with Gasteiger partial charge >= 0.3 is 0 Å². The van der Waals surface area contributed by atoms with E-state index in [1.165, 1.54) is 7.11 Å². The van der Waals surface area contributed by atoms with Gasteiger partial charge in [0.15, 0.2) is 5.75 Å². The van der Waals surface area contributed by atoms with E-state index in [0.717, 1.165) is 18.7 Å². The first-order valence-corrected chi connectivity index (χ1v) is 5.05. The lowest BCUT2D eigenvalue weighted by atomic mass is 10.2. The van der Waals surface area contributed by atoms with Gasteiger partial charge in [0, 0.05) is 12.5 Å². The molecule has 1 unspecified atom stereocenters. The smallest absolute Gasteiger partial charge is 0.161 e. The Bertz CT molecular complexity index is 353. The van der Waals surface area contributed by atoms with Crippen LogP contribution in [0.3, 0.4) is 0 Å². The van der Waals surface area contributed by atoms with Crippen LogP contribution in [0, 0.1) is 0 Å². The molecule has 0 spiro atoms. The van der Waals surface area contributed by atoms with E-state index in [4.69, 9.17) is 10.5 Å². The van der Waals surface area contributed by atoms with E-state index in [2.05, 4.69) is 9.97 Å². The number of hydrogen-bond donors (Lipinski definition) is 2. The molecule has 0 radical (unpaired) electrons. The summed E-state index contributed by atoms with van der Waals surface area (Å²) in [4.78, 5) is 8.51. The van der Waals surface area contributed by atoms with Crippen molar-refractivity contribution >= 4 is 0 Å². The van der Waals surface area contributed by atoms with Crippen molar-refractivity contribution in [3.63, 3.8) is 0 Å². The highest BCUT2D eigenvalue weighted by atomic mass is 16.5. The molecule has 1 aliphatic carbocycles. The van der Waals surface area contributed by atoms with E-state index in [1.807, 2.05) is 0 Å². The second-order valence-corrected chi connectivity index (χ2v) is 3.71. The van der Waals surface area contributed by atoms with Gasteiger partial charge in [0.1, 0.15) is 17.6 Å². The van der Waals surface area contributed by atoms with Gasteiger partial charge in [-0.25, -0.2) is 9.97 Å². The molecule has 0 aromatic carbocycles. The number of aliphatic hydroxyl groups excluding tert-OH is 1. The van der Waals surface area contributed by atoms with Gasteiger partial charge in [0.2, 0.25) is 0 Å². The van der Waals surface area contributed by atoms with Crippen molar-refractivity contribution < 1.29 is 9.84 Å². The minimum absolute atomic E-state index is 0.136. The summed E-state index contributed by atoms with van der Waals surface area (Å²) >= 11 is 0. The monoisotopic (exact) mass is 209 g/mol. The third-order valence-corrected chi connectivity index (χ3v) is 2.50. The number of ether oxygens (including phenoxy) is 1. The van der Waals surface area contributed by atoms with Crippen molar-refractivity contribution in [3.05, 3.63) is 17.7 Å². The molecule has 3 N–H and O–H groups in total. The van der Waals surface area contributed by atoms with Crippen LogP contribution in [-0.4, -0.2) is 28.7 Å². The molecule has 0 saturated heterocycles. The summed E-state index contributed by atoms with van der Waals surface area (Å²) in [5.74, 6) is 1.75. The standard InChI is InChI=1S/C10H15N3O2/c1-15-8-5-12-10(6-2-3-6)13-9(8)7(14)4-11/h5-7,14H,2-4,11H2,1H3. The van der Waals surface area contributed by atoms with Crippen LogP contribution in [0.2, 0.25) is 0 Å². The zero-order valence-electron chi connectivity index (χ0n) is 8.68. The van der Waals surface area contributed by atoms with E-state index in [0.29, 0.717) is 17.4 Å². The molecule has 1 aromatic heterocycles. The second kappa shape index (κ2) is 4.12. The molecule has 5 heteroatoms. The van der Waals surface area contributed by atoms with Crippen molar-refractivity contribution in [2.45, 2.75) is 24.9 Å². The lowest BCUT2D eigenvalue weighted by molar-refractivity contribution is 0.176. The van der Waals surface area contributed by atoms with Gasteiger partial charge in [0.05, 0.1) is 13.3 Å². The van der Waals surface area contributed by atoms with Crippen LogP contribution in [0.1, 0.15) is 36.4 Å². The molecule has 0 aliphatic heterocycles. The van der Waals surface area contributed by atoms with Gasteiger partial charge in [0.25, 0.3) is 0 Å². The average molecular weight is 209 g/mol. The Labute approximate surface area is 88.3 Å². The van der Waals surface area contributed by atoms with Crippen LogP contribution in [-0.2, 0) is 0 Å². The number of methoxy groups -OCH3 is 1. The molecule has 82 valence electrons. The molecule has 1 aliphatic rings. The van der Waals surface area contributed by atoms with E-state index in [1.54, 1.807) is 6.20 Å². The Kier molecular flexibility index (Phi) is 2.83. The summed E-state index contributed by atoms with van der Waals surface area (Å²) in [7, 11) is 1.53. The molecular formula is C10H15N3O2. The predicted octanol–water partition coefficient (Wildman–Crippen LogP) is 0.355. The first-order chi connectivity index (χ1) is 7.26. The highest BCUT2D eigenvalue weighted by Crippen LogP contribution is 2.38. The highest BCUT2D eigenvalue weighted by Gasteiger charge is 2.28. The zero-order valence-corrected chi connectivity index (χ0v) is 8.68. The number of hydrogen-bond acceptors (Lipinski definition) is 5. The minimum atomic E-state index is -0.777. The van der Waals surface area contributed by atoms with E-state index < -0.39 is 6.10 Å². The van der Waals surface area contributed by atoms with Gasteiger partial charge in [-0.3, -0.25) is 0 Å². The lowest BCUT2D eigenvalue weighted by Gasteiger charge is -2.12. The normalized spacial score (nSPS) is 17.5. The maximum absolute atomic E-state index is 9.67. The van der Waals surface area contributed by atoms with E-state index >= 15 is 0 Å². The number of aromatic nitrogens is 2. The summed E-state index contributed by atoms with van der Waals surface area (Å²) in [6.07, 6.45) is 3.09. The minimum Gasteiger partial charge on any atom is -0.493 e. The first kappa shape index (κ1) is 10.3. The second-order valence-electron chi connectivity index (χ2n) is 3.71. The van der Waals surface area contributed by atoms with Gasteiger partial charge in [-0.1, -0.05) is 0 Å². The van der Waals surface area contributed by atoms with Crippen molar-refractivity contribution in [2.75, 3.05) is 13.7 Å². The van der Waals surface area contributed by atoms with Crippen LogP contribution in [0.5, 0.6) is 5.75 Å². The van der Waals surface area contributed by atoms with Crippen molar-refractivity contribution in [2.24, 2.45) is 5.73 Å². The van der Waals surface area contributed by atoms with Crippen LogP contribution in [0.15, 0.2) is 6.20 Å². The SMILES string of the molecule is COc1cnc(C2CC2)nc1C(O)CN. The molecule has 0 bridgehead atoms. The van der Waals surface area contributed by atoms with Crippen LogP contribution < -0.4 is 10.5 Å². The molecule has 1 atom stereocenters. The topological polar surface area (TPSA) is 81.3 Å². The Morgan fingerprint density at radius 3 is 2.93 bits per heavy atom.